The van der Waals surface area contributed by atoms with Crippen molar-refractivity contribution >= 4 is 17.3 Å². The molecule has 4 aliphatic carbocycles. The molecule has 2 heterocycles. The second-order valence-corrected chi connectivity index (χ2v) is 13.8. The number of nitrogens with zero attached hydrogens (tertiary/aromatic N) is 1. The van der Waals surface area contributed by atoms with Crippen LogP contribution in [0.3, 0.4) is 0 Å². The van der Waals surface area contributed by atoms with Crippen molar-refractivity contribution in [2.75, 3.05) is 6.61 Å². The minimum atomic E-state index is -0.914. The number of cyclic esters (lactones) is 1. The standard InChI is InChI=1S/C32H42N2O6/c1-16-9-19(40-30(39)23(16)15-35)11-18-5-6-24-21-12-20-17(2)10-22(26-13-34-27(36)14-33-26)29(38)32(4,28(20)37)25(21)7-8-31(18,24)3/h10,13-14,17-21,24-25,28,35,37H,5-9,11-12,15H2,1-4H3,(H,34,36). The number of Topliss-reactive ketones (excluding diaryl/α,β-unsaturated/α-hetero) is 1. The van der Waals surface area contributed by atoms with E-state index in [4.69, 9.17) is 4.74 Å². The van der Waals surface area contributed by atoms with Gasteiger partial charge in [-0.05, 0) is 93.3 Å². The number of aliphatic hydroxyl groups is 2. The molecule has 1 aromatic rings. The maximum absolute atomic E-state index is 14.4. The number of carbonyl (C=O) groups excluding carboxylic acids is 2. The van der Waals surface area contributed by atoms with Crippen LogP contribution in [0.15, 0.2) is 34.4 Å². The van der Waals surface area contributed by atoms with Crippen molar-refractivity contribution in [3.05, 3.63) is 45.7 Å². The van der Waals surface area contributed by atoms with Gasteiger partial charge in [0.05, 0.1) is 35.6 Å². The van der Waals surface area contributed by atoms with Crippen LogP contribution in [0.5, 0.6) is 0 Å². The van der Waals surface area contributed by atoms with Gasteiger partial charge in [-0.2, -0.15) is 0 Å². The van der Waals surface area contributed by atoms with Gasteiger partial charge in [-0.15, -0.1) is 0 Å². The summed E-state index contributed by atoms with van der Waals surface area (Å²) in [5, 5.41) is 21.3. The third-order valence-corrected chi connectivity index (χ3v) is 12.0. The summed E-state index contributed by atoms with van der Waals surface area (Å²) in [6.45, 7) is 8.12. The zero-order valence-electron chi connectivity index (χ0n) is 24.0. The maximum Gasteiger partial charge on any atom is 0.336 e. The molecular weight excluding hydrogens is 508 g/mol. The fourth-order valence-electron chi connectivity index (χ4n) is 9.76. The summed E-state index contributed by atoms with van der Waals surface area (Å²) in [5.41, 5.74) is 1.16. The van der Waals surface area contributed by atoms with E-state index < -0.39 is 11.5 Å². The number of hydrogen-bond acceptors (Lipinski definition) is 7. The summed E-state index contributed by atoms with van der Waals surface area (Å²) in [5.74, 6) is 0.805. The molecule has 10 unspecified atom stereocenters. The molecule has 0 radical (unpaired) electrons. The Morgan fingerprint density at radius 1 is 1.12 bits per heavy atom. The lowest BCUT2D eigenvalue weighted by Crippen LogP contribution is -2.60. The van der Waals surface area contributed by atoms with Crippen LogP contribution in [0.1, 0.15) is 78.3 Å². The number of aliphatic hydroxyl groups excluding tert-OH is 2. The summed E-state index contributed by atoms with van der Waals surface area (Å²) in [6, 6.07) is 0. The first kappa shape index (κ1) is 27.6. The zero-order chi connectivity index (χ0) is 28.6. The van der Waals surface area contributed by atoms with Gasteiger partial charge < -0.3 is 19.9 Å². The van der Waals surface area contributed by atoms with Crippen LogP contribution >= 0.6 is 0 Å². The molecule has 0 spiro atoms. The second kappa shape index (κ2) is 9.76. The van der Waals surface area contributed by atoms with E-state index in [1.54, 1.807) is 0 Å². The van der Waals surface area contributed by atoms with Crippen LogP contribution in [0, 0.1) is 46.3 Å². The van der Waals surface area contributed by atoms with Crippen molar-refractivity contribution in [2.45, 2.75) is 84.8 Å². The third-order valence-electron chi connectivity index (χ3n) is 12.0. The SMILES string of the molecule is CC1=C(CO)C(=O)OC(CC2CCC3C4CC5C(C)C=C(c6c[nH]c(=O)cn6)C(=O)C(C)(C5O)C4CCC23C)C1. The highest BCUT2D eigenvalue weighted by atomic mass is 16.5. The number of aromatic nitrogens is 2. The minimum Gasteiger partial charge on any atom is -0.459 e. The fraction of sp³-hybridized carbons (Fsp3) is 0.688. The molecule has 6 rings (SSSR count). The summed E-state index contributed by atoms with van der Waals surface area (Å²) >= 11 is 0. The molecule has 3 N–H and O–H groups in total. The third kappa shape index (κ3) is 4.00. The predicted octanol–water partition coefficient (Wildman–Crippen LogP) is 3.83. The van der Waals surface area contributed by atoms with E-state index >= 15 is 0 Å². The van der Waals surface area contributed by atoms with Crippen molar-refractivity contribution < 1.29 is 24.5 Å². The number of hydrogen-bond donors (Lipinski definition) is 3. The first-order chi connectivity index (χ1) is 19.0. The largest absolute Gasteiger partial charge is 0.459 e. The van der Waals surface area contributed by atoms with Crippen LogP contribution in [0.25, 0.3) is 5.57 Å². The van der Waals surface area contributed by atoms with E-state index in [1.807, 2.05) is 19.9 Å². The van der Waals surface area contributed by atoms with Crippen molar-refractivity contribution in [2.24, 2.45) is 46.3 Å². The van der Waals surface area contributed by atoms with Crippen LogP contribution in [-0.2, 0) is 14.3 Å². The van der Waals surface area contributed by atoms with Gasteiger partial charge in [-0.1, -0.05) is 25.5 Å². The monoisotopic (exact) mass is 550 g/mol. The number of nitrogens with one attached hydrogen (secondary N) is 1. The minimum absolute atomic E-state index is 0.00651. The fourth-order valence-corrected chi connectivity index (χ4v) is 9.76. The predicted molar refractivity (Wildman–Crippen MR) is 149 cm³/mol. The average Bonchev–Trinajstić information content (AvgIpc) is 3.23. The summed E-state index contributed by atoms with van der Waals surface area (Å²) < 4.78 is 5.78. The van der Waals surface area contributed by atoms with Crippen molar-refractivity contribution in [3.63, 3.8) is 0 Å². The Morgan fingerprint density at radius 3 is 2.58 bits per heavy atom. The molecule has 40 heavy (non-hydrogen) atoms. The normalized spacial score (nSPS) is 43.0. The number of allylic oxidation sites excluding steroid dienone is 2. The number of aromatic amines is 1. The molecule has 10 atom stereocenters. The highest BCUT2D eigenvalue weighted by molar-refractivity contribution is 6.23. The lowest BCUT2D eigenvalue weighted by molar-refractivity contribution is -0.170. The van der Waals surface area contributed by atoms with Gasteiger partial charge >= 0.3 is 5.97 Å². The molecule has 5 aliphatic rings. The average molecular weight is 551 g/mol. The van der Waals surface area contributed by atoms with E-state index in [2.05, 4.69) is 23.8 Å². The number of fused-ring (bicyclic) bond motifs is 6. The quantitative estimate of drug-likeness (QED) is 0.486. The first-order valence-corrected chi connectivity index (χ1v) is 15.0. The molecule has 1 aliphatic heterocycles. The molecule has 0 amide bonds. The van der Waals surface area contributed by atoms with Gasteiger partial charge in [0.1, 0.15) is 6.10 Å². The number of H-pyrrole nitrogens is 1. The topological polar surface area (TPSA) is 130 Å². The van der Waals surface area contributed by atoms with Gasteiger partial charge in [0.15, 0.2) is 5.78 Å². The molecule has 216 valence electrons. The molecule has 2 bridgehead atoms. The van der Waals surface area contributed by atoms with Crippen LogP contribution < -0.4 is 5.56 Å². The van der Waals surface area contributed by atoms with Gasteiger partial charge in [0.2, 0.25) is 0 Å². The van der Waals surface area contributed by atoms with E-state index in [-0.39, 0.29) is 53.2 Å². The molecular formula is C32H42N2O6. The molecule has 8 heteroatoms. The number of rotatable bonds is 4. The molecule has 8 nitrogen and oxygen atoms in total. The number of esters is 1. The lowest BCUT2D eigenvalue weighted by Gasteiger charge is -2.59. The Morgan fingerprint density at radius 2 is 1.90 bits per heavy atom. The van der Waals surface area contributed by atoms with Gasteiger partial charge in [0, 0.05) is 18.2 Å². The first-order valence-electron chi connectivity index (χ1n) is 15.0. The van der Waals surface area contributed by atoms with Crippen molar-refractivity contribution in [3.8, 4) is 0 Å². The van der Waals surface area contributed by atoms with E-state index in [9.17, 15) is 24.6 Å². The Bertz CT molecular complexity index is 1330. The zero-order valence-corrected chi connectivity index (χ0v) is 24.0. The number of ketones is 1. The second-order valence-electron chi connectivity index (χ2n) is 13.8. The van der Waals surface area contributed by atoms with Gasteiger partial charge in [0.25, 0.3) is 5.56 Å². The molecule has 3 fully saturated rings. The lowest BCUT2D eigenvalue weighted by atomic mass is 9.45. The smallest absolute Gasteiger partial charge is 0.336 e. The summed E-state index contributed by atoms with van der Waals surface area (Å²) in [6.07, 6.45) is 10.2. The van der Waals surface area contributed by atoms with E-state index in [0.29, 0.717) is 41.0 Å². The van der Waals surface area contributed by atoms with E-state index in [0.717, 1.165) is 44.1 Å². The molecule has 3 saturated carbocycles. The number of ether oxygens (including phenoxy) is 1. The highest BCUT2D eigenvalue weighted by Crippen LogP contribution is 2.67. The van der Waals surface area contributed by atoms with Gasteiger partial charge in [-0.3, -0.25) is 9.59 Å². The van der Waals surface area contributed by atoms with Crippen LogP contribution in [0.2, 0.25) is 0 Å². The Balaban J connectivity index is 1.28. The maximum atomic E-state index is 14.4. The van der Waals surface area contributed by atoms with Crippen LogP contribution in [-0.4, -0.2) is 50.7 Å². The number of carbonyl (C=O) groups is 2. The highest BCUT2D eigenvalue weighted by Gasteiger charge is 2.65. The molecule has 0 saturated heterocycles. The molecule has 0 aromatic carbocycles. The molecule has 1 aromatic heterocycles. The van der Waals surface area contributed by atoms with Crippen LogP contribution in [0.4, 0.5) is 0 Å². The summed E-state index contributed by atoms with van der Waals surface area (Å²) in [4.78, 5) is 45.4. The Labute approximate surface area is 235 Å². The Hall–Kier alpha value is -2.58. The Kier molecular flexibility index (Phi) is 6.73. The summed E-state index contributed by atoms with van der Waals surface area (Å²) in [7, 11) is 0. The van der Waals surface area contributed by atoms with Gasteiger partial charge in [-0.25, -0.2) is 9.78 Å². The van der Waals surface area contributed by atoms with Crippen molar-refractivity contribution in [1.82, 2.24) is 9.97 Å². The van der Waals surface area contributed by atoms with E-state index in [1.165, 1.54) is 12.4 Å². The van der Waals surface area contributed by atoms with Crippen molar-refractivity contribution in [1.29, 1.82) is 0 Å².